The first kappa shape index (κ1) is 20.4. The first-order chi connectivity index (χ1) is 14.0. The number of nitrogens with zero attached hydrogens (tertiary/aromatic N) is 1. The summed E-state index contributed by atoms with van der Waals surface area (Å²) in [5.74, 6) is 2.08. The molecule has 148 valence electrons. The topological polar surface area (TPSA) is 30.8 Å². The fraction of sp³-hybridized carbons (Fsp3) is 0.192. The van der Waals surface area contributed by atoms with E-state index in [1.807, 2.05) is 79.7 Å². The molecule has 0 saturated heterocycles. The smallest absolute Gasteiger partial charge is 0.226 e. The van der Waals surface area contributed by atoms with E-state index in [9.17, 15) is 0 Å². The number of aliphatic imine (C=N–C) groups is 1. The van der Waals surface area contributed by atoms with Crippen LogP contribution in [0.2, 0.25) is 0 Å². The first-order valence-corrected chi connectivity index (χ1v) is 9.86. The molecule has 0 aromatic heterocycles. The molecule has 3 aromatic carbocycles. The molecule has 0 spiro atoms. The summed E-state index contributed by atoms with van der Waals surface area (Å²) in [6.45, 7) is 8.22. The maximum Gasteiger partial charge on any atom is 0.226 e. The number of hydrogen-bond donors (Lipinski definition) is 0. The molecule has 0 heterocycles. The van der Waals surface area contributed by atoms with Crippen molar-refractivity contribution in [3.63, 3.8) is 0 Å². The predicted molar refractivity (Wildman–Crippen MR) is 120 cm³/mol. The van der Waals surface area contributed by atoms with Gasteiger partial charge in [-0.15, -0.1) is 0 Å². The molecule has 0 amide bonds. The average molecular weight is 386 g/mol. The monoisotopic (exact) mass is 385 g/mol. The largest absolute Gasteiger partial charge is 0.465 e. The molecule has 0 aliphatic rings. The quantitative estimate of drug-likeness (QED) is 0.257. The van der Waals surface area contributed by atoms with Gasteiger partial charge in [-0.3, -0.25) is 0 Å². The number of hydrogen-bond acceptors (Lipinski definition) is 3. The molecule has 3 heteroatoms. The predicted octanol–water partition coefficient (Wildman–Crippen LogP) is 7.09. The first-order valence-electron chi connectivity index (χ1n) is 9.86. The van der Waals surface area contributed by atoms with Crippen LogP contribution in [0.4, 0.5) is 5.69 Å². The van der Waals surface area contributed by atoms with Gasteiger partial charge in [-0.1, -0.05) is 54.4 Å². The van der Waals surface area contributed by atoms with Gasteiger partial charge < -0.3 is 9.47 Å². The second kappa shape index (κ2) is 9.74. The molecule has 0 atom stereocenters. The highest BCUT2D eigenvalue weighted by atomic mass is 16.5. The zero-order valence-electron chi connectivity index (χ0n) is 17.5. The molecule has 0 saturated carbocycles. The molecular formula is C26H27NO2. The zero-order chi connectivity index (χ0) is 20.6. The van der Waals surface area contributed by atoms with Gasteiger partial charge in [-0.25, -0.2) is 4.99 Å². The lowest BCUT2D eigenvalue weighted by molar-refractivity contribution is 0.471. The zero-order valence-corrected chi connectivity index (χ0v) is 17.5. The van der Waals surface area contributed by atoms with Crippen molar-refractivity contribution in [2.24, 2.45) is 4.99 Å². The van der Waals surface area contributed by atoms with Gasteiger partial charge in [0.2, 0.25) is 5.90 Å². The van der Waals surface area contributed by atoms with Crippen LogP contribution < -0.4 is 9.47 Å². The molecule has 0 bridgehead atoms. The van der Waals surface area contributed by atoms with E-state index in [1.165, 1.54) is 11.1 Å². The van der Waals surface area contributed by atoms with Crippen LogP contribution in [-0.4, -0.2) is 5.90 Å². The standard InChI is InChI=1S/C26H27NO2/c1-5-22(18-28-24-15-11-20(3)12-16-24)26(27-23-13-9-19(2)10-14-23)29-25-8-6-7-21(4)17-25/h6-18H,5H2,1-4H3. The Bertz CT molecular complexity index is 1000. The minimum absolute atomic E-state index is 0.536. The summed E-state index contributed by atoms with van der Waals surface area (Å²) in [5.41, 5.74) is 5.25. The van der Waals surface area contributed by atoms with Gasteiger partial charge >= 0.3 is 0 Å². The highest BCUT2D eigenvalue weighted by molar-refractivity contribution is 5.96. The third-order valence-electron chi connectivity index (χ3n) is 4.48. The second-order valence-electron chi connectivity index (χ2n) is 7.10. The van der Waals surface area contributed by atoms with Gasteiger partial charge in [0.05, 0.1) is 11.9 Å². The van der Waals surface area contributed by atoms with E-state index in [0.717, 1.165) is 34.7 Å². The summed E-state index contributed by atoms with van der Waals surface area (Å²) in [7, 11) is 0. The van der Waals surface area contributed by atoms with Crippen molar-refractivity contribution in [2.45, 2.75) is 34.1 Å². The SMILES string of the molecule is CCC(=COc1ccc(C)cc1)C(=Nc1ccc(C)cc1)Oc1cccc(C)c1. The molecule has 29 heavy (non-hydrogen) atoms. The molecule has 0 aliphatic carbocycles. The number of benzene rings is 3. The maximum atomic E-state index is 6.19. The molecule has 3 aromatic rings. The van der Waals surface area contributed by atoms with Crippen LogP contribution in [0.3, 0.4) is 0 Å². The van der Waals surface area contributed by atoms with Crippen molar-refractivity contribution >= 4 is 11.6 Å². The van der Waals surface area contributed by atoms with Gasteiger partial charge in [0.1, 0.15) is 11.5 Å². The van der Waals surface area contributed by atoms with E-state index in [1.54, 1.807) is 6.26 Å². The van der Waals surface area contributed by atoms with Crippen LogP contribution in [0.15, 0.2) is 89.6 Å². The average Bonchev–Trinajstić information content (AvgIpc) is 2.71. The summed E-state index contributed by atoms with van der Waals surface area (Å²) >= 11 is 0. The third kappa shape index (κ3) is 6.08. The maximum absolute atomic E-state index is 6.19. The molecule has 0 fully saturated rings. The van der Waals surface area contributed by atoms with Gasteiger partial charge in [-0.05, 0) is 69.2 Å². The fourth-order valence-electron chi connectivity index (χ4n) is 2.73. The Morgan fingerprint density at radius 2 is 1.45 bits per heavy atom. The second-order valence-corrected chi connectivity index (χ2v) is 7.10. The van der Waals surface area contributed by atoms with Crippen molar-refractivity contribution in [3.05, 3.63) is 101 Å². The summed E-state index contributed by atoms with van der Waals surface area (Å²) < 4.78 is 12.1. The Hall–Kier alpha value is -3.33. The van der Waals surface area contributed by atoms with Crippen LogP contribution in [-0.2, 0) is 0 Å². The van der Waals surface area contributed by atoms with Crippen molar-refractivity contribution in [3.8, 4) is 11.5 Å². The van der Waals surface area contributed by atoms with Gasteiger partial charge in [0, 0.05) is 5.57 Å². The van der Waals surface area contributed by atoms with Gasteiger partial charge in [0.25, 0.3) is 0 Å². The van der Waals surface area contributed by atoms with Crippen LogP contribution in [0.1, 0.15) is 30.0 Å². The number of aryl methyl sites for hydroxylation is 3. The number of rotatable bonds is 6. The van der Waals surface area contributed by atoms with Crippen molar-refractivity contribution in [2.75, 3.05) is 0 Å². The molecule has 0 unspecified atom stereocenters. The summed E-state index contributed by atoms with van der Waals surface area (Å²) in [5, 5.41) is 0. The highest BCUT2D eigenvalue weighted by Crippen LogP contribution is 2.21. The Balaban J connectivity index is 1.93. The van der Waals surface area contributed by atoms with Crippen LogP contribution in [0.5, 0.6) is 11.5 Å². The Morgan fingerprint density at radius 3 is 2.07 bits per heavy atom. The lowest BCUT2D eigenvalue weighted by Crippen LogP contribution is -2.12. The normalized spacial score (nSPS) is 12.0. The van der Waals surface area contributed by atoms with Crippen LogP contribution >= 0.6 is 0 Å². The summed E-state index contributed by atoms with van der Waals surface area (Å²) in [6, 6.07) is 24.0. The van der Waals surface area contributed by atoms with E-state index < -0.39 is 0 Å². The van der Waals surface area contributed by atoms with E-state index in [-0.39, 0.29) is 0 Å². The van der Waals surface area contributed by atoms with E-state index in [0.29, 0.717) is 5.90 Å². The Kier molecular flexibility index (Phi) is 6.85. The Morgan fingerprint density at radius 1 is 0.793 bits per heavy atom. The molecule has 3 nitrogen and oxygen atoms in total. The molecular weight excluding hydrogens is 358 g/mol. The van der Waals surface area contributed by atoms with E-state index in [2.05, 4.69) is 20.8 Å². The molecule has 0 aliphatic heterocycles. The van der Waals surface area contributed by atoms with Crippen molar-refractivity contribution < 1.29 is 9.47 Å². The molecule has 0 radical (unpaired) electrons. The minimum Gasteiger partial charge on any atom is -0.465 e. The molecule has 3 rings (SSSR count). The summed E-state index contributed by atoms with van der Waals surface area (Å²) in [6.07, 6.45) is 2.45. The van der Waals surface area contributed by atoms with Crippen molar-refractivity contribution in [1.82, 2.24) is 0 Å². The Labute approximate surface area is 173 Å². The van der Waals surface area contributed by atoms with E-state index >= 15 is 0 Å². The fourth-order valence-corrected chi connectivity index (χ4v) is 2.73. The highest BCUT2D eigenvalue weighted by Gasteiger charge is 2.11. The van der Waals surface area contributed by atoms with Crippen molar-refractivity contribution in [1.29, 1.82) is 0 Å². The van der Waals surface area contributed by atoms with Gasteiger partial charge in [0.15, 0.2) is 0 Å². The van der Waals surface area contributed by atoms with Gasteiger partial charge in [-0.2, -0.15) is 0 Å². The lowest BCUT2D eigenvalue weighted by atomic mass is 10.2. The lowest BCUT2D eigenvalue weighted by Gasteiger charge is -2.12. The summed E-state index contributed by atoms with van der Waals surface area (Å²) in [4.78, 5) is 4.77. The number of ether oxygens (including phenoxy) is 2. The van der Waals surface area contributed by atoms with E-state index in [4.69, 9.17) is 14.5 Å². The van der Waals surface area contributed by atoms with Crippen LogP contribution in [0.25, 0.3) is 0 Å². The third-order valence-corrected chi connectivity index (χ3v) is 4.48. The van der Waals surface area contributed by atoms with Crippen LogP contribution in [0, 0.1) is 20.8 Å². The minimum atomic E-state index is 0.536. The molecule has 0 N–H and O–H groups in total.